The van der Waals surface area contributed by atoms with Crippen molar-refractivity contribution < 1.29 is 4.79 Å². The minimum atomic E-state index is -0.390. The first-order chi connectivity index (χ1) is 12.7. The zero-order valence-corrected chi connectivity index (χ0v) is 14.5. The molecule has 0 saturated heterocycles. The molecular formula is C19H14ClN5O. The van der Waals surface area contributed by atoms with E-state index in [9.17, 15) is 4.79 Å². The largest absolute Gasteiger partial charge is 0.325 e. The van der Waals surface area contributed by atoms with E-state index in [0.29, 0.717) is 16.4 Å². The van der Waals surface area contributed by atoms with Crippen molar-refractivity contribution in [2.45, 2.75) is 6.42 Å². The molecule has 0 saturated carbocycles. The molecule has 3 heterocycles. The second-order valence-electron chi connectivity index (χ2n) is 5.78. The number of rotatable bonds is 3. The van der Waals surface area contributed by atoms with Crippen LogP contribution in [0.4, 0.5) is 17.5 Å². The number of carbonyl (C=O) groups is 1. The summed E-state index contributed by atoms with van der Waals surface area (Å²) in [4.78, 5) is 27.0. The van der Waals surface area contributed by atoms with E-state index in [1.807, 2.05) is 24.3 Å². The number of nitrogens with one attached hydrogen (secondary N) is 1. The van der Waals surface area contributed by atoms with E-state index in [0.717, 1.165) is 24.0 Å². The van der Waals surface area contributed by atoms with Gasteiger partial charge in [-0.1, -0.05) is 24.2 Å². The number of fused-ring (bicyclic) bond motifs is 2. The molecule has 0 atom stereocenters. The molecule has 0 radical (unpaired) electrons. The highest BCUT2D eigenvalue weighted by Crippen LogP contribution is 2.38. The van der Waals surface area contributed by atoms with Gasteiger partial charge in [0.25, 0.3) is 5.91 Å². The first-order valence-electron chi connectivity index (χ1n) is 8.00. The van der Waals surface area contributed by atoms with Gasteiger partial charge in [0.2, 0.25) is 5.95 Å². The lowest BCUT2D eigenvalue weighted by molar-refractivity contribution is -0.111. The summed E-state index contributed by atoms with van der Waals surface area (Å²) in [6, 6.07) is 7.71. The van der Waals surface area contributed by atoms with E-state index >= 15 is 0 Å². The molecule has 1 amide bonds. The van der Waals surface area contributed by atoms with Crippen LogP contribution < -0.4 is 10.2 Å². The minimum Gasteiger partial charge on any atom is -0.325 e. The Hall–Kier alpha value is -3.21. The van der Waals surface area contributed by atoms with Crippen molar-refractivity contribution >= 4 is 45.9 Å². The number of pyridine rings is 1. The molecule has 1 aromatic carbocycles. The summed E-state index contributed by atoms with van der Waals surface area (Å²) in [5, 5.41) is 4.15. The number of benzene rings is 1. The maximum Gasteiger partial charge on any atom is 0.258 e. The van der Waals surface area contributed by atoms with Crippen molar-refractivity contribution in [2.24, 2.45) is 0 Å². The number of carbonyl (C=O) groups excluding carboxylic acids is 1. The molecule has 4 rings (SSSR count). The molecule has 0 spiro atoms. The number of amides is 1. The van der Waals surface area contributed by atoms with Gasteiger partial charge in [-0.2, -0.15) is 4.98 Å². The Kier molecular flexibility index (Phi) is 4.13. The maximum atomic E-state index is 11.8. The number of aromatic nitrogens is 3. The molecule has 0 bridgehead atoms. The second-order valence-corrected chi connectivity index (χ2v) is 6.21. The summed E-state index contributed by atoms with van der Waals surface area (Å²) in [5.41, 5.74) is 5.29. The van der Waals surface area contributed by atoms with Crippen LogP contribution in [0, 0.1) is 0 Å². The Bertz CT molecular complexity index is 1070. The van der Waals surface area contributed by atoms with Crippen LogP contribution in [0.3, 0.4) is 0 Å². The van der Waals surface area contributed by atoms with Gasteiger partial charge < -0.3 is 4.90 Å². The van der Waals surface area contributed by atoms with Gasteiger partial charge in [-0.15, -0.1) is 5.73 Å². The van der Waals surface area contributed by atoms with Crippen LogP contribution in [0.2, 0.25) is 5.02 Å². The summed E-state index contributed by atoms with van der Waals surface area (Å²) in [5.74, 6) is 0.517. The Morgan fingerprint density at radius 1 is 1.35 bits per heavy atom. The predicted molar refractivity (Wildman–Crippen MR) is 102 cm³/mol. The van der Waals surface area contributed by atoms with E-state index in [1.165, 1.54) is 11.6 Å². The zero-order chi connectivity index (χ0) is 18.1. The lowest BCUT2D eigenvalue weighted by Gasteiger charge is -2.21. The Morgan fingerprint density at radius 3 is 3.08 bits per heavy atom. The normalized spacial score (nSPS) is 12.6. The SMILES string of the molecule is C=C=CC(=O)Nc1nc(N2CCc3ccc(Cl)cc32)c2ccncc2n1. The van der Waals surface area contributed by atoms with E-state index in [2.05, 4.69) is 37.5 Å². The van der Waals surface area contributed by atoms with Crippen molar-refractivity contribution in [1.82, 2.24) is 15.0 Å². The number of halogens is 1. The van der Waals surface area contributed by atoms with Crippen LogP contribution in [0.5, 0.6) is 0 Å². The fourth-order valence-electron chi connectivity index (χ4n) is 3.04. The van der Waals surface area contributed by atoms with E-state index in [1.54, 1.807) is 12.4 Å². The number of anilines is 3. The first kappa shape index (κ1) is 16.3. The fraction of sp³-hybridized carbons (Fsp3) is 0.105. The molecule has 128 valence electrons. The average Bonchev–Trinajstić information content (AvgIpc) is 3.04. The molecule has 1 aliphatic heterocycles. The minimum absolute atomic E-state index is 0.201. The number of hydrogen-bond donors (Lipinski definition) is 1. The Labute approximate surface area is 154 Å². The molecule has 2 aromatic heterocycles. The van der Waals surface area contributed by atoms with Gasteiger partial charge in [-0.3, -0.25) is 15.1 Å². The van der Waals surface area contributed by atoms with Gasteiger partial charge in [0, 0.05) is 34.9 Å². The molecule has 6 nitrogen and oxygen atoms in total. The standard InChI is InChI=1S/C19H14ClN5O/c1-2-3-17(26)23-19-22-15-11-21-8-6-14(15)18(24-19)25-9-7-12-4-5-13(20)10-16(12)25/h3-6,8,10-11H,1,7,9H2,(H,22,23,24,26). The van der Waals surface area contributed by atoms with Crippen LogP contribution in [-0.2, 0) is 11.2 Å². The highest BCUT2D eigenvalue weighted by molar-refractivity contribution is 6.31. The molecule has 0 fully saturated rings. The molecule has 0 aliphatic carbocycles. The summed E-state index contributed by atoms with van der Waals surface area (Å²) < 4.78 is 0. The molecular weight excluding hydrogens is 350 g/mol. The summed E-state index contributed by atoms with van der Waals surface area (Å²) in [6.45, 7) is 4.16. The van der Waals surface area contributed by atoms with Gasteiger partial charge in [0.15, 0.2) is 0 Å². The van der Waals surface area contributed by atoms with Crippen LogP contribution in [0.25, 0.3) is 10.9 Å². The third-order valence-corrected chi connectivity index (χ3v) is 4.38. The lowest BCUT2D eigenvalue weighted by atomic mass is 10.2. The number of hydrogen-bond acceptors (Lipinski definition) is 5. The van der Waals surface area contributed by atoms with Crippen molar-refractivity contribution in [3.05, 3.63) is 65.6 Å². The van der Waals surface area contributed by atoms with E-state index < -0.39 is 0 Å². The van der Waals surface area contributed by atoms with Gasteiger partial charge in [-0.25, -0.2) is 4.98 Å². The fourth-order valence-corrected chi connectivity index (χ4v) is 3.20. The highest BCUT2D eigenvalue weighted by Gasteiger charge is 2.24. The predicted octanol–water partition coefficient (Wildman–Crippen LogP) is 3.65. The molecule has 0 unspecified atom stereocenters. The summed E-state index contributed by atoms with van der Waals surface area (Å²) in [7, 11) is 0. The first-order valence-corrected chi connectivity index (χ1v) is 8.38. The third-order valence-electron chi connectivity index (χ3n) is 4.15. The third kappa shape index (κ3) is 2.92. The van der Waals surface area contributed by atoms with Gasteiger partial charge in [0.1, 0.15) is 5.82 Å². The van der Waals surface area contributed by atoms with Crippen molar-refractivity contribution in [2.75, 3.05) is 16.8 Å². The van der Waals surface area contributed by atoms with Crippen LogP contribution in [0.1, 0.15) is 5.56 Å². The highest BCUT2D eigenvalue weighted by atomic mass is 35.5. The molecule has 1 N–H and O–H groups in total. The van der Waals surface area contributed by atoms with Crippen molar-refractivity contribution in [3.8, 4) is 0 Å². The Morgan fingerprint density at radius 2 is 2.23 bits per heavy atom. The van der Waals surface area contributed by atoms with Gasteiger partial charge in [0.05, 0.1) is 11.7 Å². The smallest absolute Gasteiger partial charge is 0.258 e. The molecule has 26 heavy (non-hydrogen) atoms. The Balaban J connectivity index is 1.86. The quantitative estimate of drug-likeness (QED) is 0.568. The summed E-state index contributed by atoms with van der Waals surface area (Å²) in [6.07, 6.45) is 5.43. The van der Waals surface area contributed by atoms with Gasteiger partial charge >= 0.3 is 0 Å². The lowest BCUT2D eigenvalue weighted by Crippen LogP contribution is -2.18. The maximum absolute atomic E-state index is 11.8. The monoisotopic (exact) mass is 363 g/mol. The van der Waals surface area contributed by atoms with Crippen LogP contribution in [-0.4, -0.2) is 27.4 Å². The van der Waals surface area contributed by atoms with Crippen LogP contribution >= 0.6 is 11.6 Å². The van der Waals surface area contributed by atoms with Crippen molar-refractivity contribution in [1.29, 1.82) is 0 Å². The zero-order valence-electron chi connectivity index (χ0n) is 13.7. The molecule has 3 aromatic rings. The average molecular weight is 364 g/mol. The topological polar surface area (TPSA) is 71.0 Å². The molecule has 7 heteroatoms. The van der Waals surface area contributed by atoms with Gasteiger partial charge in [-0.05, 0) is 30.2 Å². The second kappa shape index (κ2) is 6.59. The van der Waals surface area contributed by atoms with E-state index in [4.69, 9.17) is 11.6 Å². The molecule has 1 aliphatic rings. The number of nitrogens with zero attached hydrogens (tertiary/aromatic N) is 4. The van der Waals surface area contributed by atoms with E-state index in [-0.39, 0.29) is 11.9 Å². The summed E-state index contributed by atoms with van der Waals surface area (Å²) >= 11 is 6.19. The van der Waals surface area contributed by atoms with Crippen LogP contribution in [0.15, 0.2) is 55.0 Å². The van der Waals surface area contributed by atoms with Crippen molar-refractivity contribution in [3.63, 3.8) is 0 Å².